The number of carbonyl (C=O) groups excluding carboxylic acids is 1. The van der Waals surface area contributed by atoms with Crippen molar-refractivity contribution in [3.63, 3.8) is 0 Å². The Balaban J connectivity index is 2.19. The lowest BCUT2D eigenvalue weighted by molar-refractivity contribution is 0.0963. The van der Waals surface area contributed by atoms with Crippen LogP contribution < -0.4 is 16.0 Å². The third-order valence-electron chi connectivity index (χ3n) is 4.11. The van der Waals surface area contributed by atoms with Gasteiger partial charge in [-0.05, 0) is 31.7 Å². The molecule has 0 aliphatic carbocycles. The maximum atomic E-state index is 11.6. The number of piperazine rings is 1. The molecule has 2 rings (SSSR count). The van der Waals surface area contributed by atoms with Crippen LogP contribution in [0.25, 0.3) is 0 Å². The van der Waals surface area contributed by atoms with Gasteiger partial charge in [-0.15, -0.1) is 0 Å². The van der Waals surface area contributed by atoms with E-state index in [0.717, 1.165) is 31.7 Å². The van der Waals surface area contributed by atoms with Crippen molar-refractivity contribution in [3.05, 3.63) is 23.8 Å². The van der Waals surface area contributed by atoms with Crippen LogP contribution in [0.5, 0.6) is 0 Å². The number of nitrogens with one attached hydrogen (secondary N) is 1. The highest BCUT2D eigenvalue weighted by atomic mass is 16.1. The fourth-order valence-electron chi connectivity index (χ4n) is 2.73. The first-order valence-electron chi connectivity index (χ1n) is 7.13. The highest BCUT2D eigenvalue weighted by Gasteiger charge is 2.24. The van der Waals surface area contributed by atoms with E-state index >= 15 is 0 Å². The third-order valence-corrected chi connectivity index (χ3v) is 4.11. The van der Waals surface area contributed by atoms with Gasteiger partial charge >= 0.3 is 0 Å². The number of hydrogen-bond acceptors (Lipinski definition) is 4. The molecule has 1 saturated heterocycles. The van der Waals surface area contributed by atoms with Crippen molar-refractivity contribution >= 4 is 17.3 Å². The molecule has 0 bridgehead atoms. The number of anilines is 2. The summed E-state index contributed by atoms with van der Waals surface area (Å²) < 4.78 is 0. The van der Waals surface area contributed by atoms with E-state index in [1.807, 2.05) is 12.1 Å². The van der Waals surface area contributed by atoms with Crippen LogP contribution in [0.2, 0.25) is 0 Å². The van der Waals surface area contributed by atoms with E-state index in [-0.39, 0.29) is 5.91 Å². The van der Waals surface area contributed by atoms with Crippen molar-refractivity contribution in [2.45, 2.75) is 19.4 Å². The van der Waals surface area contributed by atoms with Crippen LogP contribution in [0, 0.1) is 0 Å². The molecule has 0 aromatic heterocycles. The van der Waals surface area contributed by atoms with Gasteiger partial charge in [0.2, 0.25) is 0 Å². The van der Waals surface area contributed by atoms with Crippen molar-refractivity contribution in [2.24, 2.45) is 0 Å². The first-order valence-corrected chi connectivity index (χ1v) is 7.13. The number of nitrogen functional groups attached to an aromatic ring is 1. The summed E-state index contributed by atoms with van der Waals surface area (Å²) in [7, 11) is 3.79. The number of nitrogens with zero attached hydrogens (tertiary/aromatic N) is 2. The van der Waals surface area contributed by atoms with Crippen molar-refractivity contribution in [2.75, 3.05) is 44.4 Å². The molecular formula is C15H24N4O. The Morgan fingerprint density at radius 1 is 1.45 bits per heavy atom. The predicted molar refractivity (Wildman–Crippen MR) is 83.2 cm³/mol. The maximum absolute atomic E-state index is 11.6. The molecule has 20 heavy (non-hydrogen) atoms. The number of rotatable bonds is 3. The fraction of sp³-hybridized carbons (Fsp3) is 0.533. The molecule has 0 radical (unpaired) electrons. The zero-order chi connectivity index (χ0) is 14.7. The van der Waals surface area contributed by atoms with E-state index in [9.17, 15) is 4.79 Å². The Kier molecular flexibility index (Phi) is 4.49. The zero-order valence-electron chi connectivity index (χ0n) is 12.5. The third kappa shape index (κ3) is 2.88. The number of amides is 1. The summed E-state index contributed by atoms with van der Waals surface area (Å²) in [5.74, 6) is -0.104. The molecule has 1 atom stereocenters. The lowest BCUT2D eigenvalue weighted by atomic mass is 10.1. The van der Waals surface area contributed by atoms with Gasteiger partial charge in [-0.25, -0.2) is 0 Å². The fourth-order valence-corrected chi connectivity index (χ4v) is 2.73. The summed E-state index contributed by atoms with van der Waals surface area (Å²) in [5.41, 5.74) is 8.44. The summed E-state index contributed by atoms with van der Waals surface area (Å²) in [6.07, 6.45) is 1.13. The van der Waals surface area contributed by atoms with Gasteiger partial charge in [-0.3, -0.25) is 9.69 Å². The second-order valence-electron chi connectivity index (χ2n) is 5.34. The van der Waals surface area contributed by atoms with Gasteiger partial charge in [0, 0.05) is 38.3 Å². The van der Waals surface area contributed by atoms with E-state index in [0.29, 0.717) is 17.3 Å². The average molecular weight is 276 g/mol. The second kappa shape index (κ2) is 6.13. The smallest absolute Gasteiger partial charge is 0.251 e. The summed E-state index contributed by atoms with van der Waals surface area (Å²) in [6, 6.07) is 6.11. The molecule has 1 unspecified atom stereocenters. The van der Waals surface area contributed by atoms with Crippen LogP contribution in [0.4, 0.5) is 11.4 Å². The number of likely N-dealkylation sites (N-methyl/N-ethyl adjacent to an activating group) is 1. The van der Waals surface area contributed by atoms with Gasteiger partial charge in [0.1, 0.15) is 0 Å². The van der Waals surface area contributed by atoms with Crippen LogP contribution in [0.15, 0.2) is 18.2 Å². The van der Waals surface area contributed by atoms with Gasteiger partial charge in [0.25, 0.3) is 5.91 Å². The summed E-state index contributed by atoms with van der Waals surface area (Å²) in [5, 5.41) is 2.61. The van der Waals surface area contributed by atoms with Crippen molar-refractivity contribution < 1.29 is 4.79 Å². The minimum atomic E-state index is -0.104. The maximum Gasteiger partial charge on any atom is 0.251 e. The molecule has 1 aliphatic heterocycles. The van der Waals surface area contributed by atoms with Crippen molar-refractivity contribution in [3.8, 4) is 0 Å². The number of carbonyl (C=O) groups is 1. The predicted octanol–water partition coefficient (Wildman–Crippen LogP) is 1.16. The molecular weight excluding hydrogens is 252 g/mol. The molecule has 1 aliphatic rings. The van der Waals surface area contributed by atoms with Gasteiger partial charge in [0.15, 0.2) is 0 Å². The average Bonchev–Trinajstić information content (AvgIpc) is 2.47. The Morgan fingerprint density at radius 3 is 2.80 bits per heavy atom. The highest BCUT2D eigenvalue weighted by molar-refractivity contribution is 5.96. The van der Waals surface area contributed by atoms with Gasteiger partial charge < -0.3 is 16.0 Å². The molecule has 1 heterocycles. The van der Waals surface area contributed by atoms with Crippen LogP contribution in [-0.4, -0.2) is 50.6 Å². The lowest BCUT2D eigenvalue weighted by Gasteiger charge is -2.40. The SMILES string of the molecule is CCC1CN(c2ccc(C(=O)NC)cc2N)CCN1C. The van der Waals surface area contributed by atoms with Gasteiger partial charge in [-0.1, -0.05) is 6.92 Å². The topological polar surface area (TPSA) is 61.6 Å². The molecule has 1 fully saturated rings. The van der Waals surface area contributed by atoms with E-state index in [2.05, 4.69) is 29.1 Å². The molecule has 5 nitrogen and oxygen atoms in total. The van der Waals surface area contributed by atoms with E-state index in [4.69, 9.17) is 5.73 Å². The Hall–Kier alpha value is -1.75. The molecule has 1 aromatic carbocycles. The Morgan fingerprint density at radius 2 is 2.20 bits per heavy atom. The molecule has 0 spiro atoms. The Bertz CT molecular complexity index is 489. The van der Waals surface area contributed by atoms with Gasteiger partial charge in [-0.2, -0.15) is 0 Å². The molecule has 3 N–H and O–H groups in total. The van der Waals surface area contributed by atoms with Crippen LogP contribution in [0.1, 0.15) is 23.7 Å². The minimum Gasteiger partial charge on any atom is -0.397 e. The first-order chi connectivity index (χ1) is 9.56. The molecule has 5 heteroatoms. The first kappa shape index (κ1) is 14.7. The Labute approximate surface area is 120 Å². The molecule has 1 amide bonds. The lowest BCUT2D eigenvalue weighted by Crippen LogP contribution is -2.51. The van der Waals surface area contributed by atoms with Crippen molar-refractivity contribution in [1.82, 2.24) is 10.2 Å². The van der Waals surface area contributed by atoms with Crippen LogP contribution in [0.3, 0.4) is 0 Å². The van der Waals surface area contributed by atoms with E-state index < -0.39 is 0 Å². The quantitative estimate of drug-likeness (QED) is 0.813. The standard InChI is InChI=1S/C15H24N4O/c1-4-12-10-19(8-7-18(12)3)14-6-5-11(9-13(14)16)15(20)17-2/h5-6,9,12H,4,7-8,10,16H2,1-3H3,(H,17,20). The zero-order valence-corrected chi connectivity index (χ0v) is 12.5. The van der Waals surface area contributed by atoms with Gasteiger partial charge in [0.05, 0.1) is 11.4 Å². The number of benzene rings is 1. The second-order valence-corrected chi connectivity index (χ2v) is 5.34. The summed E-state index contributed by atoms with van der Waals surface area (Å²) in [4.78, 5) is 16.3. The monoisotopic (exact) mass is 276 g/mol. The van der Waals surface area contributed by atoms with Crippen LogP contribution >= 0.6 is 0 Å². The van der Waals surface area contributed by atoms with Crippen molar-refractivity contribution in [1.29, 1.82) is 0 Å². The highest BCUT2D eigenvalue weighted by Crippen LogP contribution is 2.27. The summed E-state index contributed by atoms with van der Waals surface area (Å²) in [6.45, 7) is 5.20. The van der Waals surface area contributed by atoms with E-state index in [1.54, 1.807) is 13.1 Å². The van der Waals surface area contributed by atoms with E-state index in [1.165, 1.54) is 0 Å². The largest absolute Gasteiger partial charge is 0.397 e. The molecule has 110 valence electrons. The van der Waals surface area contributed by atoms with Crippen LogP contribution in [-0.2, 0) is 0 Å². The minimum absolute atomic E-state index is 0.104. The molecule has 0 saturated carbocycles. The molecule has 1 aromatic rings. The normalized spacial score (nSPS) is 19.9. The summed E-state index contributed by atoms with van der Waals surface area (Å²) >= 11 is 0. The number of hydrogen-bond donors (Lipinski definition) is 2. The number of nitrogens with two attached hydrogens (primary N) is 1.